The monoisotopic (exact) mass is 283 g/mol. The van der Waals surface area contributed by atoms with Crippen LogP contribution in [0.15, 0.2) is 54.2 Å². The molecule has 0 spiro atoms. The van der Waals surface area contributed by atoms with Gasteiger partial charge in [-0.05, 0) is 11.6 Å². The SMILES string of the molecule is NC1=C(c2ccccc2)C(=O)c2c(Cl)cccc2C1=O. The number of hydrogen-bond donors (Lipinski definition) is 1. The molecule has 0 saturated carbocycles. The first-order chi connectivity index (χ1) is 9.61. The van der Waals surface area contributed by atoms with Crippen molar-refractivity contribution in [3.63, 3.8) is 0 Å². The van der Waals surface area contributed by atoms with Crippen LogP contribution < -0.4 is 5.73 Å². The lowest BCUT2D eigenvalue weighted by molar-refractivity contribution is 0.0990. The van der Waals surface area contributed by atoms with E-state index in [1.807, 2.05) is 6.07 Å². The van der Waals surface area contributed by atoms with Crippen molar-refractivity contribution in [3.05, 3.63) is 75.9 Å². The van der Waals surface area contributed by atoms with E-state index in [9.17, 15) is 9.59 Å². The van der Waals surface area contributed by atoms with Gasteiger partial charge in [0.05, 0.1) is 21.9 Å². The van der Waals surface area contributed by atoms with E-state index in [0.29, 0.717) is 5.56 Å². The Bertz CT molecular complexity index is 763. The lowest BCUT2D eigenvalue weighted by Crippen LogP contribution is -2.26. The molecule has 3 nitrogen and oxygen atoms in total. The summed E-state index contributed by atoms with van der Waals surface area (Å²) >= 11 is 6.07. The van der Waals surface area contributed by atoms with Crippen molar-refractivity contribution in [1.29, 1.82) is 0 Å². The van der Waals surface area contributed by atoms with Gasteiger partial charge in [-0.2, -0.15) is 0 Å². The van der Waals surface area contributed by atoms with Crippen LogP contribution in [0.4, 0.5) is 0 Å². The molecular weight excluding hydrogens is 274 g/mol. The highest BCUT2D eigenvalue weighted by Crippen LogP contribution is 2.33. The molecule has 0 atom stereocenters. The van der Waals surface area contributed by atoms with Crippen LogP contribution in [0.2, 0.25) is 5.02 Å². The Balaban J connectivity index is 2.28. The molecule has 20 heavy (non-hydrogen) atoms. The van der Waals surface area contributed by atoms with E-state index in [1.165, 1.54) is 0 Å². The number of Topliss-reactive ketones (excluding diaryl/α,β-unsaturated/α-hetero) is 2. The van der Waals surface area contributed by atoms with E-state index in [4.69, 9.17) is 17.3 Å². The van der Waals surface area contributed by atoms with Gasteiger partial charge in [-0.3, -0.25) is 9.59 Å². The molecule has 0 radical (unpaired) electrons. The molecule has 0 aromatic heterocycles. The molecule has 0 fully saturated rings. The van der Waals surface area contributed by atoms with Gasteiger partial charge in [-0.1, -0.05) is 54.1 Å². The molecular formula is C16H10ClNO2. The Morgan fingerprint density at radius 2 is 1.55 bits per heavy atom. The summed E-state index contributed by atoms with van der Waals surface area (Å²) in [5.74, 6) is -0.671. The van der Waals surface area contributed by atoms with Crippen LogP contribution in [0.1, 0.15) is 26.3 Å². The zero-order valence-corrected chi connectivity index (χ0v) is 11.1. The van der Waals surface area contributed by atoms with E-state index in [1.54, 1.807) is 42.5 Å². The minimum atomic E-state index is -0.360. The summed E-state index contributed by atoms with van der Waals surface area (Å²) in [6.45, 7) is 0. The number of carbonyl (C=O) groups is 2. The van der Waals surface area contributed by atoms with Gasteiger partial charge in [0.15, 0.2) is 5.78 Å². The summed E-state index contributed by atoms with van der Waals surface area (Å²) in [6, 6.07) is 13.7. The fraction of sp³-hybridized carbons (Fsp3) is 0. The van der Waals surface area contributed by atoms with E-state index >= 15 is 0 Å². The van der Waals surface area contributed by atoms with Crippen LogP contribution in [0, 0.1) is 0 Å². The van der Waals surface area contributed by atoms with Gasteiger partial charge in [-0.15, -0.1) is 0 Å². The van der Waals surface area contributed by atoms with Crippen molar-refractivity contribution in [2.24, 2.45) is 5.73 Å². The number of halogens is 1. The molecule has 98 valence electrons. The second-order valence-corrected chi connectivity index (χ2v) is 4.88. The van der Waals surface area contributed by atoms with Gasteiger partial charge >= 0.3 is 0 Å². The second-order valence-electron chi connectivity index (χ2n) is 4.48. The quantitative estimate of drug-likeness (QED) is 0.875. The third-order valence-corrected chi connectivity index (χ3v) is 3.60. The van der Waals surface area contributed by atoms with Gasteiger partial charge in [0.2, 0.25) is 5.78 Å². The average Bonchev–Trinajstić information content (AvgIpc) is 2.46. The van der Waals surface area contributed by atoms with Crippen molar-refractivity contribution < 1.29 is 9.59 Å². The summed E-state index contributed by atoms with van der Waals surface area (Å²) < 4.78 is 0. The third-order valence-electron chi connectivity index (χ3n) is 3.29. The minimum Gasteiger partial charge on any atom is -0.395 e. The first-order valence-electron chi connectivity index (χ1n) is 6.04. The Kier molecular flexibility index (Phi) is 2.92. The van der Waals surface area contributed by atoms with Gasteiger partial charge in [0.25, 0.3) is 0 Å². The molecule has 0 saturated heterocycles. The summed E-state index contributed by atoms with van der Waals surface area (Å²) in [4.78, 5) is 24.9. The summed E-state index contributed by atoms with van der Waals surface area (Å²) in [5.41, 5.74) is 7.18. The van der Waals surface area contributed by atoms with Crippen LogP contribution in [-0.4, -0.2) is 11.6 Å². The fourth-order valence-corrected chi connectivity index (χ4v) is 2.60. The number of benzene rings is 2. The minimum absolute atomic E-state index is 0.0315. The second kappa shape index (κ2) is 4.62. The Morgan fingerprint density at radius 1 is 0.850 bits per heavy atom. The fourth-order valence-electron chi connectivity index (χ4n) is 2.34. The van der Waals surface area contributed by atoms with Gasteiger partial charge < -0.3 is 5.73 Å². The van der Waals surface area contributed by atoms with Crippen molar-refractivity contribution in [2.75, 3.05) is 0 Å². The van der Waals surface area contributed by atoms with Gasteiger partial charge in [0.1, 0.15) is 0 Å². The van der Waals surface area contributed by atoms with Crippen LogP contribution in [-0.2, 0) is 0 Å². The van der Waals surface area contributed by atoms with E-state index in [-0.39, 0.29) is 39.0 Å². The molecule has 3 rings (SSSR count). The Hall–Kier alpha value is -2.39. The smallest absolute Gasteiger partial charge is 0.210 e. The van der Waals surface area contributed by atoms with Crippen LogP contribution >= 0.6 is 11.6 Å². The summed E-state index contributed by atoms with van der Waals surface area (Å²) in [6.07, 6.45) is 0. The lowest BCUT2D eigenvalue weighted by Gasteiger charge is -2.19. The van der Waals surface area contributed by atoms with Crippen molar-refractivity contribution in [3.8, 4) is 0 Å². The van der Waals surface area contributed by atoms with E-state index in [0.717, 1.165) is 0 Å². The maximum absolute atomic E-state index is 12.6. The molecule has 1 aliphatic carbocycles. The molecule has 2 aromatic rings. The maximum Gasteiger partial charge on any atom is 0.210 e. The van der Waals surface area contributed by atoms with Crippen molar-refractivity contribution in [1.82, 2.24) is 0 Å². The zero-order valence-electron chi connectivity index (χ0n) is 10.4. The number of allylic oxidation sites excluding steroid dienone is 2. The third kappa shape index (κ3) is 1.75. The van der Waals surface area contributed by atoms with Crippen LogP contribution in [0.3, 0.4) is 0 Å². The molecule has 0 aliphatic heterocycles. The summed E-state index contributed by atoms with van der Waals surface area (Å²) in [7, 11) is 0. The first-order valence-corrected chi connectivity index (χ1v) is 6.42. The predicted molar refractivity (Wildman–Crippen MR) is 77.7 cm³/mol. The summed E-state index contributed by atoms with van der Waals surface area (Å²) in [5, 5.41) is 0.266. The van der Waals surface area contributed by atoms with Crippen LogP contribution in [0.25, 0.3) is 5.57 Å². The number of ketones is 2. The van der Waals surface area contributed by atoms with E-state index < -0.39 is 0 Å². The number of carbonyl (C=O) groups excluding carboxylic acids is 2. The lowest BCUT2D eigenvalue weighted by atomic mass is 9.84. The standard InChI is InChI=1S/C16H10ClNO2/c17-11-8-4-7-10-13(11)16(20)12(14(18)15(10)19)9-5-2-1-3-6-9/h1-8H,18H2. The normalized spacial score (nSPS) is 14.4. The predicted octanol–water partition coefficient (Wildman–Crippen LogP) is 3.09. The largest absolute Gasteiger partial charge is 0.395 e. The molecule has 0 unspecified atom stereocenters. The number of fused-ring (bicyclic) bond motifs is 1. The molecule has 2 N–H and O–H groups in total. The van der Waals surface area contributed by atoms with Gasteiger partial charge in [0, 0.05) is 5.56 Å². The van der Waals surface area contributed by atoms with Crippen LogP contribution in [0.5, 0.6) is 0 Å². The Morgan fingerprint density at radius 3 is 2.25 bits per heavy atom. The number of rotatable bonds is 1. The molecule has 4 heteroatoms. The maximum atomic E-state index is 12.6. The highest BCUT2D eigenvalue weighted by Gasteiger charge is 2.32. The molecule has 2 aromatic carbocycles. The topological polar surface area (TPSA) is 60.2 Å². The molecule has 1 aliphatic rings. The van der Waals surface area contributed by atoms with Crippen molar-refractivity contribution in [2.45, 2.75) is 0 Å². The molecule has 0 heterocycles. The molecule has 0 bridgehead atoms. The van der Waals surface area contributed by atoms with Crippen molar-refractivity contribution >= 4 is 28.7 Å². The zero-order chi connectivity index (χ0) is 14.3. The molecule has 0 amide bonds. The Labute approximate surface area is 120 Å². The van der Waals surface area contributed by atoms with Gasteiger partial charge in [-0.25, -0.2) is 0 Å². The average molecular weight is 284 g/mol. The number of nitrogens with two attached hydrogens (primary N) is 1. The highest BCUT2D eigenvalue weighted by molar-refractivity contribution is 6.45. The first kappa shape index (κ1) is 12.6. The number of hydrogen-bond acceptors (Lipinski definition) is 3. The van der Waals surface area contributed by atoms with E-state index in [2.05, 4.69) is 0 Å². The highest BCUT2D eigenvalue weighted by atomic mass is 35.5.